The molecule has 2 aromatic carbocycles. The van der Waals surface area contributed by atoms with Crippen LogP contribution in [0.15, 0.2) is 60.7 Å². The van der Waals surface area contributed by atoms with Crippen molar-refractivity contribution in [3.63, 3.8) is 0 Å². The number of aliphatic hydroxyl groups excluding tert-OH is 1. The van der Waals surface area contributed by atoms with E-state index in [2.05, 4.69) is 27.7 Å². The van der Waals surface area contributed by atoms with E-state index >= 15 is 0 Å². The van der Waals surface area contributed by atoms with E-state index in [9.17, 15) is 9.90 Å². The van der Waals surface area contributed by atoms with Crippen LogP contribution in [0.3, 0.4) is 0 Å². The molecule has 25 heavy (non-hydrogen) atoms. The van der Waals surface area contributed by atoms with Gasteiger partial charge in [0.1, 0.15) is 0 Å². The lowest BCUT2D eigenvalue weighted by atomic mass is 10.1. The predicted octanol–water partition coefficient (Wildman–Crippen LogP) is 2.55. The molecule has 1 fully saturated rings. The molecule has 1 unspecified atom stereocenters. The van der Waals surface area contributed by atoms with Crippen LogP contribution in [-0.4, -0.2) is 37.4 Å². The van der Waals surface area contributed by atoms with Crippen molar-refractivity contribution in [2.45, 2.75) is 12.5 Å². The summed E-state index contributed by atoms with van der Waals surface area (Å²) in [4.78, 5) is 14.5. The highest BCUT2D eigenvalue weighted by atomic mass is 16.3. The highest BCUT2D eigenvalue weighted by Crippen LogP contribution is 2.23. The van der Waals surface area contributed by atoms with Crippen molar-refractivity contribution >= 4 is 11.7 Å². The third kappa shape index (κ3) is 4.73. The number of aliphatic hydroxyl groups is 1. The van der Waals surface area contributed by atoms with E-state index in [0.29, 0.717) is 12.5 Å². The fourth-order valence-electron chi connectivity index (χ4n) is 3.24. The summed E-state index contributed by atoms with van der Waals surface area (Å²) in [6.07, 6.45) is 1.07. The zero-order valence-electron chi connectivity index (χ0n) is 14.3. The van der Waals surface area contributed by atoms with Crippen LogP contribution >= 0.6 is 0 Å². The van der Waals surface area contributed by atoms with Crippen molar-refractivity contribution in [1.29, 1.82) is 0 Å². The Morgan fingerprint density at radius 3 is 2.48 bits per heavy atom. The summed E-state index contributed by atoms with van der Waals surface area (Å²) in [6, 6.07) is 19.2. The summed E-state index contributed by atoms with van der Waals surface area (Å²) in [5, 5.41) is 15.3. The largest absolute Gasteiger partial charge is 0.394 e. The van der Waals surface area contributed by atoms with Gasteiger partial charge in [0.25, 0.3) is 0 Å². The molecule has 3 rings (SSSR count). The fourth-order valence-corrected chi connectivity index (χ4v) is 3.24. The van der Waals surface area contributed by atoms with Crippen LogP contribution in [0.1, 0.15) is 18.0 Å². The molecule has 5 heteroatoms. The van der Waals surface area contributed by atoms with E-state index in [0.717, 1.165) is 25.1 Å². The Morgan fingerprint density at radius 1 is 1.12 bits per heavy atom. The Kier molecular flexibility index (Phi) is 5.90. The van der Waals surface area contributed by atoms with Crippen molar-refractivity contribution in [2.24, 2.45) is 5.92 Å². The molecule has 132 valence electrons. The van der Waals surface area contributed by atoms with Gasteiger partial charge in [-0.25, -0.2) is 4.79 Å². The molecular weight excluding hydrogens is 314 g/mol. The first kappa shape index (κ1) is 17.3. The maximum atomic E-state index is 12.1. The average molecular weight is 339 g/mol. The first-order valence-electron chi connectivity index (χ1n) is 8.76. The van der Waals surface area contributed by atoms with Crippen LogP contribution in [0, 0.1) is 5.92 Å². The molecule has 1 saturated heterocycles. The lowest BCUT2D eigenvalue weighted by Crippen LogP contribution is -2.41. The maximum absolute atomic E-state index is 12.1. The lowest BCUT2D eigenvalue weighted by molar-refractivity contribution is 0.216. The molecule has 2 aromatic rings. The Morgan fingerprint density at radius 2 is 1.80 bits per heavy atom. The molecule has 2 atom stereocenters. The summed E-state index contributed by atoms with van der Waals surface area (Å²) < 4.78 is 0. The second-order valence-electron chi connectivity index (χ2n) is 6.44. The van der Waals surface area contributed by atoms with Gasteiger partial charge in [-0.1, -0.05) is 48.5 Å². The number of nitrogens with zero attached hydrogens (tertiary/aromatic N) is 1. The first-order valence-corrected chi connectivity index (χ1v) is 8.76. The van der Waals surface area contributed by atoms with Crippen LogP contribution < -0.4 is 15.5 Å². The van der Waals surface area contributed by atoms with Gasteiger partial charge in [-0.05, 0) is 30.0 Å². The number of hydrogen-bond acceptors (Lipinski definition) is 3. The molecule has 5 nitrogen and oxygen atoms in total. The monoisotopic (exact) mass is 339 g/mol. The number of nitrogens with one attached hydrogen (secondary N) is 2. The zero-order chi connectivity index (χ0) is 17.5. The maximum Gasteiger partial charge on any atom is 0.315 e. The van der Waals surface area contributed by atoms with Gasteiger partial charge in [-0.3, -0.25) is 0 Å². The van der Waals surface area contributed by atoms with Crippen molar-refractivity contribution in [3.8, 4) is 0 Å². The van der Waals surface area contributed by atoms with E-state index in [1.807, 2.05) is 48.5 Å². The normalized spacial score (nSPS) is 18.0. The Hall–Kier alpha value is -2.53. The van der Waals surface area contributed by atoms with E-state index in [1.165, 1.54) is 5.69 Å². The van der Waals surface area contributed by atoms with Crippen molar-refractivity contribution < 1.29 is 9.90 Å². The van der Waals surface area contributed by atoms with Gasteiger partial charge in [0.05, 0.1) is 12.6 Å². The van der Waals surface area contributed by atoms with E-state index in [1.54, 1.807) is 0 Å². The van der Waals surface area contributed by atoms with Crippen LogP contribution in [0.4, 0.5) is 10.5 Å². The predicted molar refractivity (Wildman–Crippen MR) is 99.6 cm³/mol. The summed E-state index contributed by atoms with van der Waals surface area (Å²) in [7, 11) is 0. The highest BCUT2D eigenvalue weighted by molar-refractivity contribution is 5.74. The molecule has 2 amide bonds. The SMILES string of the molecule is O=C(NCC1CCN(c2ccccc2)C1)N[C@H](CO)c1ccccc1. The highest BCUT2D eigenvalue weighted by Gasteiger charge is 2.23. The van der Waals surface area contributed by atoms with Crippen LogP contribution in [-0.2, 0) is 0 Å². The topological polar surface area (TPSA) is 64.6 Å². The molecule has 0 aliphatic carbocycles. The second-order valence-corrected chi connectivity index (χ2v) is 6.44. The summed E-state index contributed by atoms with van der Waals surface area (Å²) in [5.74, 6) is 0.440. The van der Waals surface area contributed by atoms with Crippen LogP contribution in [0.25, 0.3) is 0 Å². The average Bonchev–Trinajstić information content (AvgIpc) is 3.15. The molecule has 0 saturated carbocycles. The molecule has 1 heterocycles. The minimum atomic E-state index is -0.384. The lowest BCUT2D eigenvalue weighted by Gasteiger charge is -2.20. The van der Waals surface area contributed by atoms with Crippen LogP contribution in [0.5, 0.6) is 0 Å². The summed E-state index contributed by atoms with van der Waals surface area (Å²) >= 11 is 0. The van der Waals surface area contributed by atoms with Gasteiger partial charge in [0.15, 0.2) is 0 Å². The molecule has 1 aliphatic heterocycles. The standard InChI is InChI=1S/C20H25N3O2/c24-15-19(17-7-3-1-4-8-17)22-20(25)21-13-16-11-12-23(14-16)18-9-5-2-6-10-18/h1-10,16,19,24H,11-15H2,(H2,21,22,25)/t16?,19-/m1/s1. The number of anilines is 1. The summed E-state index contributed by atoms with van der Waals surface area (Å²) in [6.45, 7) is 2.48. The van der Waals surface area contributed by atoms with Gasteiger partial charge in [0, 0.05) is 25.3 Å². The summed E-state index contributed by atoms with van der Waals surface area (Å²) in [5.41, 5.74) is 2.13. The number of carbonyl (C=O) groups excluding carboxylic acids is 1. The van der Waals surface area contributed by atoms with Crippen LogP contribution in [0.2, 0.25) is 0 Å². The molecule has 3 N–H and O–H groups in total. The first-order chi connectivity index (χ1) is 12.3. The molecular formula is C20H25N3O2. The number of amides is 2. The smallest absolute Gasteiger partial charge is 0.315 e. The van der Waals surface area contributed by atoms with Crippen molar-refractivity contribution in [1.82, 2.24) is 10.6 Å². The van der Waals surface area contributed by atoms with Crippen molar-refractivity contribution in [3.05, 3.63) is 66.2 Å². The third-order valence-corrected chi connectivity index (χ3v) is 4.65. The number of carbonyl (C=O) groups is 1. The number of urea groups is 1. The second kappa shape index (κ2) is 8.53. The number of benzene rings is 2. The third-order valence-electron chi connectivity index (χ3n) is 4.65. The number of rotatable bonds is 6. The van der Waals surface area contributed by atoms with Crippen molar-refractivity contribution in [2.75, 3.05) is 31.1 Å². The molecule has 0 spiro atoms. The van der Waals surface area contributed by atoms with E-state index < -0.39 is 0 Å². The fraction of sp³-hybridized carbons (Fsp3) is 0.350. The van der Waals surface area contributed by atoms with Gasteiger partial charge in [0.2, 0.25) is 0 Å². The van der Waals surface area contributed by atoms with E-state index in [4.69, 9.17) is 0 Å². The number of hydrogen-bond donors (Lipinski definition) is 3. The quantitative estimate of drug-likeness (QED) is 0.758. The van der Waals surface area contributed by atoms with Gasteiger partial charge >= 0.3 is 6.03 Å². The number of para-hydroxylation sites is 1. The van der Waals surface area contributed by atoms with Gasteiger partial charge in [-0.15, -0.1) is 0 Å². The minimum absolute atomic E-state index is 0.122. The molecule has 0 radical (unpaired) electrons. The zero-order valence-corrected chi connectivity index (χ0v) is 14.3. The van der Waals surface area contributed by atoms with E-state index in [-0.39, 0.29) is 18.7 Å². The molecule has 1 aliphatic rings. The Balaban J connectivity index is 1.45. The molecule has 0 aromatic heterocycles. The molecule has 0 bridgehead atoms. The minimum Gasteiger partial charge on any atom is -0.394 e. The Labute approximate surface area is 148 Å². The Bertz CT molecular complexity index is 663. The van der Waals surface area contributed by atoms with Gasteiger partial charge < -0.3 is 20.6 Å². The van der Waals surface area contributed by atoms with Gasteiger partial charge in [-0.2, -0.15) is 0 Å².